The molecule has 2 aromatic rings. The molecular formula is C22H23ClN2O4. The Hall–Kier alpha value is -2.73. The Morgan fingerprint density at radius 3 is 2.72 bits per heavy atom. The molecule has 29 heavy (non-hydrogen) atoms. The van der Waals surface area contributed by atoms with Gasteiger partial charge >= 0.3 is 0 Å². The summed E-state index contributed by atoms with van der Waals surface area (Å²) in [5, 5.41) is 3.51. The monoisotopic (exact) mass is 414 g/mol. The van der Waals surface area contributed by atoms with Crippen molar-refractivity contribution in [2.45, 2.75) is 32.1 Å². The van der Waals surface area contributed by atoms with E-state index in [1.165, 1.54) is 0 Å². The van der Waals surface area contributed by atoms with Gasteiger partial charge in [-0.3, -0.25) is 9.59 Å². The van der Waals surface area contributed by atoms with Crippen LogP contribution in [0.3, 0.4) is 0 Å². The van der Waals surface area contributed by atoms with E-state index in [-0.39, 0.29) is 24.0 Å². The summed E-state index contributed by atoms with van der Waals surface area (Å²) >= 11 is 6.13. The van der Waals surface area contributed by atoms with Crippen molar-refractivity contribution in [3.63, 3.8) is 0 Å². The van der Waals surface area contributed by atoms with Crippen LogP contribution in [0.2, 0.25) is 5.02 Å². The summed E-state index contributed by atoms with van der Waals surface area (Å²) in [5.74, 6) is 1.23. The van der Waals surface area contributed by atoms with Crippen LogP contribution in [0.4, 0.5) is 5.69 Å². The van der Waals surface area contributed by atoms with Crippen molar-refractivity contribution in [3.05, 3.63) is 52.5 Å². The number of carbonyl (C=O) groups excluding carboxylic acids is 2. The lowest BCUT2D eigenvalue weighted by Crippen LogP contribution is -2.37. The highest BCUT2D eigenvalue weighted by Crippen LogP contribution is 2.36. The molecule has 0 atom stereocenters. The third-order valence-corrected chi connectivity index (χ3v) is 5.65. The molecule has 0 aliphatic carbocycles. The lowest BCUT2D eigenvalue weighted by molar-refractivity contribution is -0.117. The number of benzene rings is 2. The lowest BCUT2D eigenvalue weighted by atomic mass is 9.84. The molecule has 6 nitrogen and oxygen atoms in total. The second kappa shape index (κ2) is 7.59. The summed E-state index contributed by atoms with van der Waals surface area (Å²) < 4.78 is 10.8. The zero-order chi connectivity index (χ0) is 20.6. The van der Waals surface area contributed by atoms with Crippen molar-refractivity contribution in [2.75, 3.05) is 24.8 Å². The van der Waals surface area contributed by atoms with E-state index < -0.39 is 0 Å². The topological polar surface area (TPSA) is 67.9 Å². The van der Waals surface area contributed by atoms with Crippen molar-refractivity contribution in [1.29, 1.82) is 0 Å². The summed E-state index contributed by atoms with van der Waals surface area (Å²) in [4.78, 5) is 26.8. The third kappa shape index (κ3) is 3.90. The summed E-state index contributed by atoms with van der Waals surface area (Å²) in [6.45, 7) is 5.35. The molecule has 0 spiro atoms. The Morgan fingerprint density at radius 2 is 1.97 bits per heavy atom. The normalized spacial score (nSPS) is 15.7. The maximum atomic E-state index is 13.0. The number of ether oxygens (including phenoxy) is 2. The van der Waals surface area contributed by atoms with Gasteiger partial charge in [0, 0.05) is 29.9 Å². The van der Waals surface area contributed by atoms with Crippen LogP contribution < -0.4 is 19.7 Å². The Labute approximate surface area is 174 Å². The quantitative estimate of drug-likeness (QED) is 0.805. The fraction of sp³-hybridized carbons (Fsp3) is 0.364. The van der Waals surface area contributed by atoms with Gasteiger partial charge in [-0.25, -0.2) is 0 Å². The molecule has 4 rings (SSSR count). The molecule has 1 fully saturated rings. The van der Waals surface area contributed by atoms with Crippen LogP contribution in [0.25, 0.3) is 0 Å². The SMILES string of the molecule is CC(C)(CNC(=O)c1ccc(Cl)cc1N1CCCC1=O)c1ccc2c(c1)OCO2. The lowest BCUT2D eigenvalue weighted by Gasteiger charge is -2.26. The van der Waals surface area contributed by atoms with Crippen molar-refractivity contribution >= 4 is 29.1 Å². The first-order valence-corrected chi connectivity index (χ1v) is 10.0. The fourth-order valence-electron chi connectivity index (χ4n) is 3.64. The zero-order valence-electron chi connectivity index (χ0n) is 16.5. The highest BCUT2D eigenvalue weighted by atomic mass is 35.5. The number of anilines is 1. The number of rotatable bonds is 5. The number of fused-ring (bicyclic) bond motifs is 1. The van der Waals surface area contributed by atoms with Crippen LogP contribution in [0.5, 0.6) is 11.5 Å². The first-order chi connectivity index (χ1) is 13.8. The number of amides is 2. The van der Waals surface area contributed by atoms with Gasteiger partial charge in [-0.15, -0.1) is 0 Å². The van der Waals surface area contributed by atoms with Gasteiger partial charge in [-0.05, 0) is 42.3 Å². The number of nitrogens with zero attached hydrogens (tertiary/aromatic N) is 1. The van der Waals surface area contributed by atoms with Crippen molar-refractivity contribution < 1.29 is 19.1 Å². The van der Waals surface area contributed by atoms with E-state index >= 15 is 0 Å². The molecule has 1 saturated heterocycles. The first kappa shape index (κ1) is 19.6. The molecule has 0 bridgehead atoms. The summed E-state index contributed by atoms with van der Waals surface area (Å²) in [5.41, 5.74) is 1.73. The smallest absolute Gasteiger partial charge is 0.253 e. The largest absolute Gasteiger partial charge is 0.454 e. The van der Waals surface area contributed by atoms with E-state index in [9.17, 15) is 9.59 Å². The van der Waals surface area contributed by atoms with Gasteiger partial charge in [-0.1, -0.05) is 31.5 Å². The van der Waals surface area contributed by atoms with E-state index in [1.54, 1.807) is 23.1 Å². The summed E-state index contributed by atoms with van der Waals surface area (Å²) in [6, 6.07) is 10.8. The molecule has 0 unspecified atom stereocenters. The van der Waals surface area contributed by atoms with Crippen LogP contribution >= 0.6 is 11.6 Å². The third-order valence-electron chi connectivity index (χ3n) is 5.41. The number of halogens is 1. The van der Waals surface area contributed by atoms with Crippen LogP contribution in [0, 0.1) is 0 Å². The van der Waals surface area contributed by atoms with Gasteiger partial charge in [-0.2, -0.15) is 0 Å². The van der Waals surface area contributed by atoms with Gasteiger partial charge in [0.2, 0.25) is 12.7 Å². The highest BCUT2D eigenvalue weighted by Gasteiger charge is 2.28. The molecule has 2 heterocycles. The fourth-order valence-corrected chi connectivity index (χ4v) is 3.81. The van der Waals surface area contributed by atoms with Crippen LogP contribution in [-0.2, 0) is 10.2 Å². The second-order valence-corrected chi connectivity index (χ2v) is 8.38. The zero-order valence-corrected chi connectivity index (χ0v) is 17.2. The van der Waals surface area contributed by atoms with E-state index in [4.69, 9.17) is 21.1 Å². The van der Waals surface area contributed by atoms with E-state index in [0.717, 1.165) is 23.5 Å². The van der Waals surface area contributed by atoms with Crippen molar-refractivity contribution in [3.8, 4) is 11.5 Å². The highest BCUT2D eigenvalue weighted by molar-refractivity contribution is 6.31. The average Bonchev–Trinajstić information content (AvgIpc) is 3.34. The van der Waals surface area contributed by atoms with E-state index in [2.05, 4.69) is 19.2 Å². The van der Waals surface area contributed by atoms with Crippen molar-refractivity contribution in [1.82, 2.24) is 5.32 Å². The van der Waals surface area contributed by atoms with E-state index in [1.807, 2.05) is 18.2 Å². The van der Waals surface area contributed by atoms with E-state index in [0.29, 0.717) is 35.8 Å². The van der Waals surface area contributed by atoms with Gasteiger partial charge in [0.25, 0.3) is 5.91 Å². The number of carbonyl (C=O) groups is 2. The molecule has 0 saturated carbocycles. The molecule has 2 aromatic carbocycles. The number of hydrogen-bond donors (Lipinski definition) is 1. The predicted molar refractivity (Wildman–Crippen MR) is 111 cm³/mol. The predicted octanol–water partition coefficient (Wildman–Crippen LogP) is 3.90. The molecule has 2 aliphatic rings. The molecule has 0 radical (unpaired) electrons. The molecule has 2 aliphatic heterocycles. The van der Waals surface area contributed by atoms with Gasteiger partial charge in [0.1, 0.15) is 0 Å². The van der Waals surface area contributed by atoms with Crippen LogP contribution in [0.15, 0.2) is 36.4 Å². The average molecular weight is 415 g/mol. The Balaban J connectivity index is 1.52. The summed E-state index contributed by atoms with van der Waals surface area (Å²) in [6.07, 6.45) is 1.27. The molecule has 1 N–H and O–H groups in total. The Bertz CT molecular complexity index is 973. The Morgan fingerprint density at radius 1 is 1.17 bits per heavy atom. The standard InChI is InChI=1S/C22H23ClN2O4/c1-22(2,14-5-8-18-19(10-14)29-13-28-18)12-24-21(27)16-7-6-15(23)11-17(16)25-9-3-4-20(25)26/h5-8,10-11H,3-4,9,12-13H2,1-2H3,(H,24,27). The molecule has 152 valence electrons. The first-order valence-electron chi connectivity index (χ1n) is 9.63. The maximum absolute atomic E-state index is 13.0. The molecular weight excluding hydrogens is 392 g/mol. The number of nitrogens with one attached hydrogen (secondary N) is 1. The van der Waals surface area contributed by atoms with Crippen molar-refractivity contribution in [2.24, 2.45) is 0 Å². The van der Waals surface area contributed by atoms with Gasteiger partial charge in [0.05, 0.1) is 11.3 Å². The second-order valence-electron chi connectivity index (χ2n) is 7.95. The maximum Gasteiger partial charge on any atom is 0.253 e. The molecule has 0 aromatic heterocycles. The minimum Gasteiger partial charge on any atom is -0.454 e. The minimum absolute atomic E-state index is 0.0157. The molecule has 2 amide bonds. The Kier molecular flexibility index (Phi) is 5.13. The van der Waals surface area contributed by atoms with Gasteiger partial charge in [0.15, 0.2) is 11.5 Å². The minimum atomic E-state index is -0.327. The van der Waals surface area contributed by atoms with Gasteiger partial charge < -0.3 is 19.7 Å². The number of hydrogen-bond acceptors (Lipinski definition) is 4. The summed E-state index contributed by atoms with van der Waals surface area (Å²) in [7, 11) is 0. The van der Waals surface area contributed by atoms with Crippen LogP contribution in [-0.4, -0.2) is 31.7 Å². The van der Waals surface area contributed by atoms with Crippen LogP contribution in [0.1, 0.15) is 42.6 Å². The molecule has 7 heteroatoms.